The Morgan fingerprint density at radius 1 is 1.00 bits per heavy atom. The Morgan fingerprint density at radius 3 is 2.55 bits per heavy atom. The van der Waals surface area contributed by atoms with Crippen LogP contribution in [0.1, 0.15) is 24.0 Å². The average molecular weight is 411 g/mol. The van der Waals surface area contributed by atoms with Crippen LogP contribution in [0.5, 0.6) is 0 Å². The first kappa shape index (κ1) is 18.9. The van der Waals surface area contributed by atoms with E-state index in [0.717, 1.165) is 40.2 Å². The summed E-state index contributed by atoms with van der Waals surface area (Å²) < 4.78 is 1.75. The quantitative estimate of drug-likeness (QED) is 0.440. The fourth-order valence-corrected chi connectivity index (χ4v) is 3.53. The Morgan fingerprint density at radius 2 is 1.81 bits per heavy atom. The van der Waals surface area contributed by atoms with E-state index in [-0.39, 0.29) is 0 Å². The molecule has 0 bridgehead atoms. The van der Waals surface area contributed by atoms with Crippen molar-refractivity contribution in [2.75, 3.05) is 5.32 Å². The number of aryl methyl sites for hydroxylation is 2. The first-order valence-electron chi connectivity index (χ1n) is 10.1. The van der Waals surface area contributed by atoms with Crippen molar-refractivity contribution in [3.63, 3.8) is 0 Å². The number of tetrazole rings is 1. The lowest BCUT2D eigenvalue weighted by Crippen LogP contribution is -2.07. The molecule has 5 rings (SSSR count). The molecule has 0 saturated heterocycles. The number of hydrogen-bond acceptors (Lipinski definition) is 7. The van der Waals surface area contributed by atoms with Crippen LogP contribution in [0.3, 0.4) is 0 Å². The molecule has 2 aromatic carbocycles. The smallest absolute Gasteiger partial charge is 0.254 e. The van der Waals surface area contributed by atoms with Crippen molar-refractivity contribution < 1.29 is 0 Å². The summed E-state index contributed by atoms with van der Waals surface area (Å²) in [5.41, 5.74) is 5.23. The van der Waals surface area contributed by atoms with Gasteiger partial charge in [-0.1, -0.05) is 55.5 Å². The number of H-pyrrole nitrogens is 1. The van der Waals surface area contributed by atoms with Crippen LogP contribution in [-0.4, -0.2) is 40.2 Å². The van der Waals surface area contributed by atoms with Gasteiger partial charge in [0.25, 0.3) is 5.78 Å². The monoisotopic (exact) mass is 411 g/mol. The Hall–Kier alpha value is -4.14. The second kappa shape index (κ2) is 7.94. The summed E-state index contributed by atoms with van der Waals surface area (Å²) in [5.74, 6) is 2.79. The van der Waals surface area contributed by atoms with Crippen LogP contribution in [0.4, 0.5) is 5.82 Å². The van der Waals surface area contributed by atoms with E-state index in [2.05, 4.69) is 78.3 Å². The second-order valence-electron chi connectivity index (χ2n) is 7.19. The average Bonchev–Trinajstić information content (AvgIpc) is 3.47. The molecule has 9 heteroatoms. The summed E-state index contributed by atoms with van der Waals surface area (Å²) >= 11 is 0. The standard InChI is InChI=1S/C22H21N9/c1-3-17-12-20(31-22(25-17)24-14(2)28-31)23-13-15-8-10-16(11-9-15)18-6-4-5-7-19(18)21-26-29-30-27-21/h4-12,23H,3,13H2,1-2H3,(H,26,27,29,30). The van der Waals surface area contributed by atoms with Gasteiger partial charge in [0.2, 0.25) is 5.82 Å². The minimum atomic E-state index is 0.581. The molecule has 0 radical (unpaired) electrons. The number of nitrogens with zero attached hydrogens (tertiary/aromatic N) is 7. The van der Waals surface area contributed by atoms with Crippen LogP contribution in [0.25, 0.3) is 28.3 Å². The van der Waals surface area contributed by atoms with Crippen LogP contribution in [0.15, 0.2) is 54.6 Å². The van der Waals surface area contributed by atoms with Crippen molar-refractivity contribution in [2.24, 2.45) is 0 Å². The minimum absolute atomic E-state index is 0.581. The van der Waals surface area contributed by atoms with E-state index in [1.165, 1.54) is 0 Å². The fraction of sp³-hybridized carbons (Fsp3) is 0.182. The number of anilines is 1. The highest BCUT2D eigenvalue weighted by Crippen LogP contribution is 2.29. The molecule has 5 aromatic rings. The first-order valence-corrected chi connectivity index (χ1v) is 10.1. The number of aromatic amines is 1. The summed E-state index contributed by atoms with van der Waals surface area (Å²) in [5, 5.41) is 22.4. The molecule has 0 atom stereocenters. The lowest BCUT2D eigenvalue weighted by molar-refractivity contribution is 0.881. The van der Waals surface area contributed by atoms with Crippen LogP contribution < -0.4 is 5.32 Å². The predicted molar refractivity (Wildman–Crippen MR) is 117 cm³/mol. The van der Waals surface area contributed by atoms with Gasteiger partial charge in [-0.3, -0.25) is 0 Å². The van der Waals surface area contributed by atoms with Gasteiger partial charge in [-0.25, -0.2) is 4.98 Å². The van der Waals surface area contributed by atoms with Gasteiger partial charge < -0.3 is 5.32 Å². The van der Waals surface area contributed by atoms with Crippen molar-refractivity contribution in [3.8, 4) is 22.5 Å². The van der Waals surface area contributed by atoms with Gasteiger partial charge in [0.05, 0.1) is 0 Å². The Balaban J connectivity index is 1.39. The van der Waals surface area contributed by atoms with Gasteiger partial charge in [-0.15, -0.1) is 15.3 Å². The number of nitrogens with one attached hydrogen (secondary N) is 2. The molecule has 0 unspecified atom stereocenters. The van der Waals surface area contributed by atoms with E-state index in [1.54, 1.807) is 4.52 Å². The van der Waals surface area contributed by atoms with Gasteiger partial charge in [0.15, 0.2) is 0 Å². The number of rotatable bonds is 6. The number of hydrogen-bond donors (Lipinski definition) is 2. The Labute approximate surface area is 178 Å². The number of benzene rings is 2. The molecule has 0 saturated carbocycles. The molecule has 154 valence electrons. The highest BCUT2D eigenvalue weighted by molar-refractivity contribution is 5.80. The van der Waals surface area contributed by atoms with E-state index < -0.39 is 0 Å². The van der Waals surface area contributed by atoms with Crippen LogP contribution in [0, 0.1) is 6.92 Å². The Bertz CT molecular complexity index is 1320. The SMILES string of the molecule is CCc1cc(NCc2ccc(-c3ccccc3-c3nn[nH]n3)cc2)n2nc(C)nc2n1. The van der Waals surface area contributed by atoms with Gasteiger partial charge >= 0.3 is 0 Å². The third kappa shape index (κ3) is 3.73. The zero-order valence-electron chi connectivity index (χ0n) is 17.2. The van der Waals surface area contributed by atoms with Crippen LogP contribution in [0.2, 0.25) is 0 Å². The molecule has 0 aliphatic rings. The predicted octanol–water partition coefficient (Wildman–Crippen LogP) is 3.45. The lowest BCUT2D eigenvalue weighted by atomic mass is 9.98. The molecule has 0 aliphatic heterocycles. The molecule has 0 fully saturated rings. The van der Waals surface area contributed by atoms with E-state index in [9.17, 15) is 0 Å². The summed E-state index contributed by atoms with van der Waals surface area (Å²) in [6, 6.07) is 18.5. The number of fused-ring (bicyclic) bond motifs is 1. The van der Waals surface area contributed by atoms with Gasteiger partial charge in [-0.05, 0) is 35.2 Å². The molecule has 3 heterocycles. The third-order valence-corrected chi connectivity index (χ3v) is 5.09. The van der Waals surface area contributed by atoms with Crippen LogP contribution in [-0.2, 0) is 13.0 Å². The summed E-state index contributed by atoms with van der Waals surface area (Å²) in [4.78, 5) is 8.93. The van der Waals surface area contributed by atoms with Crippen molar-refractivity contribution in [2.45, 2.75) is 26.8 Å². The molecule has 2 N–H and O–H groups in total. The minimum Gasteiger partial charge on any atom is -0.366 e. The molecule has 9 nitrogen and oxygen atoms in total. The van der Waals surface area contributed by atoms with Crippen molar-refractivity contribution in [3.05, 3.63) is 71.7 Å². The third-order valence-electron chi connectivity index (χ3n) is 5.09. The van der Waals surface area contributed by atoms with Crippen molar-refractivity contribution >= 4 is 11.6 Å². The van der Waals surface area contributed by atoms with Gasteiger partial charge in [-0.2, -0.15) is 14.7 Å². The maximum atomic E-state index is 4.54. The maximum Gasteiger partial charge on any atom is 0.254 e. The lowest BCUT2D eigenvalue weighted by Gasteiger charge is -2.11. The highest BCUT2D eigenvalue weighted by Gasteiger charge is 2.11. The van der Waals surface area contributed by atoms with E-state index in [4.69, 9.17) is 0 Å². The molecule has 31 heavy (non-hydrogen) atoms. The Kier molecular flexibility index (Phi) is 4.83. The second-order valence-corrected chi connectivity index (χ2v) is 7.19. The zero-order chi connectivity index (χ0) is 21.2. The zero-order valence-corrected chi connectivity index (χ0v) is 17.2. The summed E-state index contributed by atoms with van der Waals surface area (Å²) in [6.07, 6.45) is 0.839. The van der Waals surface area contributed by atoms with E-state index in [0.29, 0.717) is 24.0 Å². The fourth-order valence-electron chi connectivity index (χ4n) is 3.53. The summed E-state index contributed by atoms with van der Waals surface area (Å²) in [6.45, 7) is 4.61. The topological polar surface area (TPSA) is 110 Å². The van der Waals surface area contributed by atoms with Gasteiger partial charge in [0.1, 0.15) is 11.6 Å². The van der Waals surface area contributed by atoms with E-state index >= 15 is 0 Å². The van der Waals surface area contributed by atoms with Gasteiger partial charge in [0, 0.05) is 23.9 Å². The largest absolute Gasteiger partial charge is 0.366 e. The molecule has 0 amide bonds. The van der Waals surface area contributed by atoms with Crippen molar-refractivity contribution in [1.82, 2.24) is 40.2 Å². The summed E-state index contributed by atoms with van der Waals surface area (Å²) in [7, 11) is 0. The van der Waals surface area contributed by atoms with Crippen LogP contribution >= 0.6 is 0 Å². The van der Waals surface area contributed by atoms with Crippen molar-refractivity contribution in [1.29, 1.82) is 0 Å². The maximum absolute atomic E-state index is 4.54. The molecule has 3 aromatic heterocycles. The first-order chi connectivity index (χ1) is 15.2. The highest BCUT2D eigenvalue weighted by atomic mass is 15.5. The molecule has 0 aliphatic carbocycles. The van der Waals surface area contributed by atoms with E-state index in [1.807, 2.05) is 31.2 Å². The molecular weight excluding hydrogens is 390 g/mol. The normalized spacial score (nSPS) is 11.2. The number of aromatic nitrogens is 8. The molecular formula is C22H21N9. The molecule has 0 spiro atoms.